The van der Waals surface area contributed by atoms with E-state index in [0.717, 1.165) is 11.3 Å². The van der Waals surface area contributed by atoms with Crippen LogP contribution in [0.3, 0.4) is 0 Å². The van der Waals surface area contributed by atoms with Crippen molar-refractivity contribution in [2.75, 3.05) is 11.9 Å². The Bertz CT molecular complexity index is 1090. The fraction of sp³-hybridized carbons (Fsp3) is 0.263. The second-order valence-electron chi connectivity index (χ2n) is 6.00. The Labute approximate surface area is 163 Å². The van der Waals surface area contributed by atoms with E-state index in [4.69, 9.17) is 4.74 Å². The van der Waals surface area contributed by atoms with Crippen LogP contribution in [0.1, 0.15) is 28.6 Å². The highest BCUT2D eigenvalue weighted by atomic mass is 32.1. The lowest BCUT2D eigenvalue weighted by molar-refractivity contribution is -0.116. The maximum Gasteiger partial charge on any atom is 0.348 e. The molecule has 0 radical (unpaired) electrons. The summed E-state index contributed by atoms with van der Waals surface area (Å²) in [7, 11) is 0. The fourth-order valence-electron chi connectivity index (χ4n) is 2.69. The Balaban J connectivity index is 1.76. The van der Waals surface area contributed by atoms with Crippen molar-refractivity contribution in [3.05, 3.63) is 57.2 Å². The third-order valence-corrected chi connectivity index (χ3v) is 5.27. The van der Waals surface area contributed by atoms with Gasteiger partial charge in [0, 0.05) is 18.7 Å². The number of nitrogens with zero attached hydrogens (tertiary/aromatic N) is 2. The molecule has 0 bridgehead atoms. The molecule has 0 saturated heterocycles. The number of aryl methyl sites for hydroxylation is 2. The van der Waals surface area contributed by atoms with E-state index in [9.17, 15) is 18.8 Å². The van der Waals surface area contributed by atoms with Crippen LogP contribution in [-0.2, 0) is 16.1 Å². The summed E-state index contributed by atoms with van der Waals surface area (Å²) in [5, 5.41) is 3.00. The smallest absolute Gasteiger partial charge is 0.348 e. The zero-order chi connectivity index (χ0) is 20.3. The minimum Gasteiger partial charge on any atom is -0.462 e. The number of hydrogen-bond donors (Lipinski definition) is 1. The van der Waals surface area contributed by atoms with Crippen LogP contribution in [0.2, 0.25) is 0 Å². The molecule has 0 saturated carbocycles. The van der Waals surface area contributed by atoms with Gasteiger partial charge in [0.25, 0.3) is 5.56 Å². The van der Waals surface area contributed by atoms with Crippen molar-refractivity contribution in [2.45, 2.75) is 26.8 Å². The Morgan fingerprint density at radius 1 is 1.29 bits per heavy atom. The molecule has 2 aromatic heterocycles. The summed E-state index contributed by atoms with van der Waals surface area (Å²) in [6.07, 6.45) is 1.40. The van der Waals surface area contributed by atoms with E-state index in [1.807, 2.05) is 0 Å². The maximum absolute atomic E-state index is 12.9. The van der Waals surface area contributed by atoms with Gasteiger partial charge in [0.05, 0.1) is 18.3 Å². The summed E-state index contributed by atoms with van der Waals surface area (Å²) < 4.78 is 19.3. The zero-order valence-electron chi connectivity index (χ0n) is 15.3. The molecule has 0 spiro atoms. The van der Waals surface area contributed by atoms with Crippen molar-refractivity contribution in [2.24, 2.45) is 0 Å². The molecule has 1 amide bonds. The first-order valence-electron chi connectivity index (χ1n) is 8.61. The summed E-state index contributed by atoms with van der Waals surface area (Å²) in [6.45, 7) is 3.76. The average molecular weight is 403 g/mol. The van der Waals surface area contributed by atoms with Crippen molar-refractivity contribution < 1.29 is 18.7 Å². The van der Waals surface area contributed by atoms with Gasteiger partial charge in [-0.25, -0.2) is 14.2 Å². The topological polar surface area (TPSA) is 90.3 Å². The van der Waals surface area contributed by atoms with Gasteiger partial charge in [0.2, 0.25) is 5.91 Å². The van der Waals surface area contributed by atoms with Crippen LogP contribution in [0, 0.1) is 12.7 Å². The van der Waals surface area contributed by atoms with Crippen LogP contribution in [0.25, 0.3) is 10.2 Å². The standard InChI is InChI=1S/C19H18FN3O4S/c1-3-27-19(26)16-11(2)15-17(28-16)21-10-23(18(15)25)9-8-14(24)22-13-6-4-12(20)5-7-13/h4-7,10H,3,8-9H2,1-2H3,(H,22,24). The van der Waals surface area contributed by atoms with E-state index in [2.05, 4.69) is 10.3 Å². The molecule has 0 aliphatic heterocycles. The molecule has 7 nitrogen and oxygen atoms in total. The van der Waals surface area contributed by atoms with Gasteiger partial charge < -0.3 is 10.1 Å². The second kappa shape index (κ2) is 8.30. The quantitative estimate of drug-likeness (QED) is 0.639. The zero-order valence-corrected chi connectivity index (χ0v) is 16.1. The molecule has 146 valence electrons. The van der Waals surface area contributed by atoms with Gasteiger partial charge in [-0.05, 0) is 43.7 Å². The van der Waals surface area contributed by atoms with Gasteiger partial charge in [0.15, 0.2) is 0 Å². The highest BCUT2D eigenvalue weighted by Crippen LogP contribution is 2.27. The number of nitrogens with one attached hydrogen (secondary N) is 1. The van der Waals surface area contributed by atoms with Crippen molar-refractivity contribution in [1.82, 2.24) is 9.55 Å². The molecule has 0 fully saturated rings. The fourth-order valence-corrected chi connectivity index (χ4v) is 3.72. The number of thiophene rings is 1. The highest BCUT2D eigenvalue weighted by molar-refractivity contribution is 7.20. The number of esters is 1. The summed E-state index contributed by atoms with van der Waals surface area (Å²) in [5.74, 6) is -1.18. The number of rotatable bonds is 6. The number of amides is 1. The van der Waals surface area contributed by atoms with Gasteiger partial charge in [-0.15, -0.1) is 11.3 Å². The molecule has 2 heterocycles. The largest absolute Gasteiger partial charge is 0.462 e. The maximum atomic E-state index is 12.9. The number of fused-ring (bicyclic) bond motifs is 1. The van der Waals surface area contributed by atoms with Gasteiger partial charge in [0.1, 0.15) is 15.5 Å². The second-order valence-corrected chi connectivity index (χ2v) is 7.00. The summed E-state index contributed by atoms with van der Waals surface area (Å²) in [6, 6.07) is 5.41. The molecule has 0 aliphatic rings. The van der Waals surface area contributed by atoms with E-state index >= 15 is 0 Å². The third-order valence-electron chi connectivity index (χ3n) is 4.09. The summed E-state index contributed by atoms with van der Waals surface area (Å²) in [5.41, 5.74) is 0.685. The number of ether oxygens (including phenoxy) is 1. The van der Waals surface area contributed by atoms with Crippen LogP contribution in [0.4, 0.5) is 10.1 Å². The number of anilines is 1. The molecule has 0 unspecified atom stereocenters. The van der Waals surface area contributed by atoms with Crippen LogP contribution in [0.15, 0.2) is 35.4 Å². The van der Waals surface area contributed by atoms with Crippen molar-refractivity contribution in [1.29, 1.82) is 0 Å². The van der Waals surface area contributed by atoms with Gasteiger partial charge in [-0.1, -0.05) is 0 Å². The van der Waals surface area contributed by atoms with Gasteiger partial charge >= 0.3 is 5.97 Å². The van der Waals surface area contributed by atoms with Crippen LogP contribution in [0.5, 0.6) is 0 Å². The molecule has 0 aliphatic carbocycles. The molecule has 28 heavy (non-hydrogen) atoms. The van der Waals surface area contributed by atoms with E-state index in [1.54, 1.807) is 13.8 Å². The Morgan fingerprint density at radius 2 is 2.00 bits per heavy atom. The molecule has 3 aromatic rings. The molecule has 0 atom stereocenters. The van der Waals surface area contributed by atoms with Gasteiger partial charge in [-0.2, -0.15) is 0 Å². The number of benzene rings is 1. The minimum absolute atomic E-state index is 0.0401. The monoisotopic (exact) mass is 403 g/mol. The third kappa shape index (κ3) is 4.09. The molecular weight excluding hydrogens is 385 g/mol. The summed E-state index contributed by atoms with van der Waals surface area (Å²) >= 11 is 1.11. The average Bonchev–Trinajstić information content (AvgIpc) is 3.01. The predicted octanol–water partition coefficient (Wildman–Crippen LogP) is 3.11. The normalized spacial score (nSPS) is 10.8. The first-order valence-corrected chi connectivity index (χ1v) is 9.43. The molecular formula is C19H18FN3O4S. The van der Waals surface area contributed by atoms with Crippen LogP contribution in [-0.4, -0.2) is 28.0 Å². The SMILES string of the molecule is CCOC(=O)c1sc2ncn(CCC(=O)Nc3ccc(F)cc3)c(=O)c2c1C. The highest BCUT2D eigenvalue weighted by Gasteiger charge is 2.20. The van der Waals surface area contributed by atoms with Crippen LogP contribution >= 0.6 is 11.3 Å². The van der Waals surface area contributed by atoms with E-state index in [-0.39, 0.29) is 31.0 Å². The lowest BCUT2D eigenvalue weighted by atomic mass is 10.2. The van der Waals surface area contributed by atoms with Crippen LogP contribution < -0.4 is 10.9 Å². The molecule has 3 rings (SSSR count). The Morgan fingerprint density at radius 3 is 2.68 bits per heavy atom. The number of carbonyl (C=O) groups is 2. The predicted molar refractivity (Wildman–Crippen MR) is 104 cm³/mol. The Hall–Kier alpha value is -3.07. The summed E-state index contributed by atoms with van der Waals surface area (Å²) in [4.78, 5) is 41.9. The number of carbonyl (C=O) groups excluding carboxylic acids is 2. The Kier molecular flexibility index (Phi) is 5.84. The number of hydrogen-bond acceptors (Lipinski definition) is 6. The molecule has 1 aromatic carbocycles. The lowest BCUT2D eigenvalue weighted by Gasteiger charge is -2.07. The van der Waals surface area contributed by atoms with Crippen molar-refractivity contribution in [3.8, 4) is 0 Å². The number of halogens is 1. The van der Waals surface area contributed by atoms with E-state index in [0.29, 0.717) is 26.3 Å². The lowest BCUT2D eigenvalue weighted by Crippen LogP contribution is -2.23. The van der Waals surface area contributed by atoms with Crippen molar-refractivity contribution >= 4 is 39.1 Å². The number of aromatic nitrogens is 2. The molecule has 9 heteroatoms. The first-order chi connectivity index (χ1) is 13.4. The first kappa shape index (κ1) is 19.7. The van der Waals surface area contributed by atoms with E-state index in [1.165, 1.54) is 35.2 Å². The molecule has 1 N–H and O–H groups in total. The van der Waals surface area contributed by atoms with E-state index < -0.39 is 11.8 Å². The minimum atomic E-state index is -0.479. The van der Waals surface area contributed by atoms with Gasteiger partial charge in [-0.3, -0.25) is 14.2 Å². The van der Waals surface area contributed by atoms with Crippen molar-refractivity contribution in [3.63, 3.8) is 0 Å².